The molecule has 1 unspecified atom stereocenters. The summed E-state index contributed by atoms with van der Waals surface area (Å²) in [6.07, 6.45) is 0.924. The summed E-state index contributed by atoms with van der Waals surface area (Å²) in [5.74, 6) is -0.481. The van der Waals surface area contributed by atoms with Gasteiger partial charge in [0.15, 0.2) is 5.65 Å². The molecule has 9 nitrogen and oxygen atoms in total. The maximum atomic E-state index is 11.8. The van der Waals surface area contributed by atoms with E-state index in [1.165, 1.54) is 0 Å². The van der Waals surface area contributed by atoms with Crippen molar-refractivity contribution in [3.05, 3.63) is 29.5 Å². The highest BCUT2D eigenvalue weighted by Crippen LogP contribution is 2.21. The van der Waals surface area contributed by atoms with Crippen molar-refractivity contribution in [2.24, 2.45) is 0 Å². The van der Waals surface area contributed by atoms with E-state index in [1.807, 2.05) is 19.9 Å². The van der Waals surface area contributed by atoms with Gasteiger partial charge in [0.25, 0.3) is 0 Å². The number of aliphatic hydroxyl groups is 1. The number of aliphatic hydroxyl groups excluding tert-OH is 1. The first-order valence-electron chi connectivity index (χ1n) is 7.08. The normalized spacial score (nSPS) is 12.5. The van der Waals surface area contributed by atoms with Gasteiger partial charge in [0, 0.05) is 17.9 Å². The van der Waals surface area contributed by atoms with Crippen LogP contribution in [-0.4, -0.2) is 48.4 Å². The lowest BCUT2D eigenvalue weighted by atomic mass is 10.3. The Labute approximate surface area is 131 Å². The zero-order chi connectivity index (χ0) is 16.6. The number of hydrogen-bond acceptors (Lipinski definition) is 7. The maximum Gasteiger partial charge on any atom is 0.316 e. The summed E-state index contributed by atoms with van der Waals surface area (Å²) in [6.45, 7) is 5.47. The number of carbonyl (C=O) groups is 1. The SMILES string of the molecule is Cc1cc(C)n2ncc(-c3noc(C(=O)NCC(C)O)n3)c2n1. The molecule has 1 atom stereocenters. The van der Waals surface area contributed by atoms with Crippen molar-refractivity contribution < 1.29 is 14.4 Å². The summed E-state index contributed by atoms with van der Waals surface area (Å²) in [6, 6.07) is 1.91. The Morgan fingerprint density at radius 1 is 1.43 bits per heavy atom. The number of fused-ring (bicyclic) bond motifs is 1. The van der Waals surface area contributed by atoms with Crippen LogP contribution < -0.4 is 5.32 Å². The molecule has 0 spiro atoms. The number of rotatable bonds is 4. The summed E-state index contributed by atoms with van der Waals surface area (Å²) >= 11 is 0. The minimum atomic E-state index is -0.656. The Hall–Kier alpha value is -2.81. The molecule has 0 aromatic carbocycles. The van der Waals surface area contributed by atoms with E-state index in [-0.39, 0.29) is 18.3 Å². The van der Waals surface area contributed by atoms with Gasteiger partial charge in [-0.2, -0.15) is 10.1 Å². The van der Waals surface area contributed by atoms with Crippen molar-refractivity contribution >= 4 is 11.6 Å². The van der Waals surface area contributed by atoms with Gasteiger partial charge in [-0.15, -0.1) is 0 Å². The second-order valence-electron chi connectivity index (χ2n) is 5.31. The summed E-state index contributed by atoms with van der Waals surface area (Å²) in [4.78, 5) is 20.4. The van der Waals surface area contributed by atoms with Crippen molar-refractivity contribution in [3.8, 4) is 11.4 Å². The Morgan fingerprint density at radius 3 is 2.96 bits per heavy atom. The van der Waals surface area contributed by atoms with Gasteiger partial charge in [-0.25, -0.2) is 9.50 Å². The molecule has 2 N–H and O–H groups in total. The molecular weight excluding hydrogens is 300 g/mol. The average molecular weight is 316 g/mol. The van der Waals surface area contributed by atoms with Crippen LogP contribution in [0.25, 0.3) is 17.0 Å². The van der Waals surface area contributed by atoms with Gasteiger partial charge in [-0.05, 0) is 26.8 Å². The molecule has 1 amide bonds. The third kappa shape index (κ3) is 2.90. The summed E-state index contributed by atoms with van der Waals surface area (Å²) in [7, 11) is 0. The van der Waals surface area contributed by atoms with E-state index < -0.39 is 12.0 Å². The lowest BCUT2D eigenvalue weighted by Crippen LogP contribution is -2.30. The van der Waals surface area contributed by atoms with Gasteiger partial charge in [0.1, 0.15) is 0 Å². The number of amides is 1. The van der Waals surface area contributed by atoms with Gasteiger partial charge >= 0.3 is 11.8 Å². The lowest BCUT2D eigenvalue weighted by Gasteiger charge is -2.03. The Bertz CT molecular complexity index is 867. The van der Waals surface area contributed by atoms with Gasteiger partial charge in [0.05, 0.1) is 17.9 Å². The minimum absolute atomic E-state index is 0.104. The molecule has 0 aliphatic carbocycles. The first-order valence-corrected chi connectivity index (χ1v) is 7.08. The van der Waals surface area contributed by atoms with Crippen molar-refractivity contribution in [2.45, 2.75) is 26.9 Å². The molecule has 3 heterocycles. The molecule has 0 aliphatic rings. The zero-order valence-corrected chi connectivity index (χ0v) is 12.9. The van der Waals surface area contributed by atoms with Gasteiger partial charge < -0.3 is 14.9 Å². The second kappa shape index (κ2) is 5.76. The van der Waals surface area contributed by atoms with Crippen LogP contribution in [0.4, 0.5) is 0 Å². The van der Waals surface area contributed by atoms with Crippen LogP contribution in [0.15, 0.2) is 16.8 Å². The predicted octanol–water partition coefficient (Wildman–Crippen LogP) is 0.507. The highest BCUT2D eigenvalue weighted by atomic mass is 16.5. The molecule has 0 saturated carbocycles. The minimum Gasteiger partial charge on any atom is -0.392 e. The van der Waals surface area contributed by atoms with E-state index in [1.54, 1.807) is 17.6 Å². The molecule has 0 saturated heterocycles. The van der Waals surface area contributed by atoms with E-state index in [0.29, 0.717) is 11.2 Å². The molecule has 3 rings (SSSR count). The van der Waals surface area contributed by atoms with E-state index in [9.17, 15) is 9.90 Å². The molecule has 0 aliphatic heterocycles. The van der Waals surface area contributed by atoms with Crippen molar-refractivity contribution in [1.82, 2.24) is 30.1 Å². The Kier molecular flexibility index (Phi) is 3.78. The largest absolute Gasteiger partial charge is 0.392 e. The first-order chi connectivity index (χ1) is 11.0. The summed E-state index contributed by atoms with van der Waals surface area (Å²) in [5.41, 5.74) is 2.95. The summed E-state index contributed by atoms with van der Waals surface area (Å²) in [5, 5.41) is 19.7. The fourth-order valence-corrected chi connectivity index (χ4v) is 2.17. The topological polar surface area (TPSA) is 118 Å². The van der Waals surface area contributed by atoms with E-state index in [2.05, 4.69) is 25.5 Å². The number of nitrogens with zero attached hydrogens (tertiary/aromatic N) is 5. The highest BCUT2D eigenvalue weighted by Gasteiger charge is 2.19. The van der Waals surface area contributed by atoms with Crippen LogP contribution in [0, 0.1) is 13.8 Å². The van der Waals surface area contributed by atoms with Crippen molar-refractivity contribution in [3.63, 3.8) is 0 Å². The number of aryl methyl sites for hydroxylation is 2. The molecule has 0 radical (unpaired) electrons. The maximum absolute atomic E-state index is 11.8. The monoisotopic (exact) mass is 316 g/mol. The summed E-state index contributed by atoms with van der Waals surface area (Å²) < 4.78 is 6.64. The standard InChI is InChI=1S/C14H16N6O3/c1-7-4-8(2)20-12(17-7)10(6-16-20)11-18-14(23-19-11)13(22)15-5-9(3)21/h4,6,9,21H,5H2,1-3H3,(H,15,22). The Morgan fingerprint density at radius 2 is 2.22 bits per heavy atom. The molecule has 9 heteroatoms. The smallest absolute Gasteiger partial charge is 0.316 e. The molecule has 23 heavy (non-hydrogen) atoms. The number of aromatic nitrogens is 5. The van der Waals surface area contributed by atoms with Crippen LogP contribution in [0.2, 0.25) is 0 Å². The lowest BCUT2D eigenvalue weighted by molar-refractivity contribution is 0.0880. The molecule has 0 bridgehead atoms. The third-order valence-corrected chi connectivity index (χ3v) is 3.20. The number of carbonyl (C=O) groups excluding carboxylic acids is 1. The zero-order valence-electron chi connectivity index (χ0n) is 12.9. The van der Waals surface area contributed by atoms with E-state index >= 15 is 0 Å². The fraction of sp³-hybridized carbons (Fsp3) is 0.357. The fourth-order valence-electron chi connectivity index (χ4n) is 2.17. The molecule has 120 valence electrons. The van der Waals surface area contributed by atoms with Crippen LogP contribution >= 0.6 is 0 Å². The van der Waals surface area contributed by atoms with Crippen molar-refractivity contribution in [2.75, 3.05) is 6.54 Å². The molecule has 3 aromatic rings. The third-order valence-electron chi connectivity index (χ3n) is 3.20. The first kappa shape index (κ1) is 15.1. The van der Waals surface area contributed by atoms with Gasteiger partial charge in [0.2, 0.25) is 5.82 Å². The molecular formula is C14H16N6O3. The van der Waals surface area contributed by atoms with E-state index in [4.69, 9.17) is 4.52 Å². The van der Waals surface area contributed by atoms with Crippen LogP contribution in [-0.2, 0) is 0 Å². The predicted molar refractivity (Wildman–Crippen MR) is 79.8 cm³/mol. The average Bonchev–Trinajstić information content (AvgIpc) is 3.10. The highest BCUT2D eigenvalue weighted by molar-refractivity contribution is 5.90. The molecule has 3 aromatic heterocycles. The molecule has 0 fully saturated rings. The van der Waals surface area contributed by atoms with Crippen LogP contribution in [0.3, 0.4) is 0 Å². The number of nitrogens with one attached hydrogen (secondary N) is 1. The Balaban J connectivity index is 1.93. The van der Waals surface area contributed by atoms with Crippen LogP contribution in [0.1, 0.15) is 29.0 Å². The number of hydrogen-bond donors (Lipinski definition) is 2. The van der Waals surface area contributed by atoms with Gasteiger partial charge in [-0.1, -0.05) is 5.16 Å². The quantitative estimate of drug-likeness (QED) is 0.719. The second-order valence-corrected chi connectivity index (χ2v) is 5.31. The van der Waals surface area contributed by atoms with Crippen molar-refractivity contribution in [1.29, 1.82) is 0 Å². The van der Waals surface area contributed by atoms with Crippen LogP contribution in [0.5, 0.6) is 0 Å². The van der Waals surface area contributed by atoms with E-state index in [0.717, 1.165) is 11.4 Å². The van der Waals surface area contributed by atoms with Gasteiger partial charge in [-0.3, -0.25) is 4.79 Å².